The Hall–Kier alpha value is -0.390. The molecule has 0 aliphatic carbocycles. The lowest BCUT2D eigenvalue weighted by atomic mass is 10.3. The van der Waals surface area contributed by atoms with Crippen LogP contribution >= 0.6 is 12.2 Å². The average Bonchev–Trinajstić information content (AvgIpc) is 2.69. The smallest absolute Gasteiger partial charge is 0.166 e. The van der Waals surface area contributed by atoms with Gasteiger partial charge in [-0.05, 0) is 52.0 Å². The first-order valence-corrected chi connectivity index (χ1v) is 6.81. The molecule has 0 saturated carbocycles. The number of ether oxygens (including phenoxy) is 1. The number of thiocarbonyl (C=S) groups is 1. The van der Waals surface area contributed by atoms with E-state index in [0.29, 0.717) is 12.6 Å². The summed E-state index contributed by atoms with van der Waals surface area (Å²) in [6.07, 6.45) is 2.67. The molecule has 1 saturated heterocycles. The molecule has 0 spiro atoms. The van der Waals surface area contributed by atoms with Gasteiger partial charge < -0.3 is 20.3 Å². The Balaban J connectivity index is 2.15. The maximum atomic E-state index is 5.27. The predicted molar refractivity (Wildman–Crippen MR) is 75.3 cm³/mol. The molecule has 100 valence electrons. The summed E-state index contributed by atoms with van der Waals surface area (Å²) in [5.74, 6) is 0. The summed E-state index contributed by atoms with van der Waals surface area (Å²) in [6.45, 7) is 8.43. The molecular formula is C12H25N3OS. The van der Waals surface area contributed by atoms with Crippen LogP contribution in [0.4, 0.5) is 0 Å². The average molecular weight is 259 g/mol. The van der Waals surface area contributed by atoms with Crippen molar-refractivity contribution in [2.75, 3.05) is 33.4 Å². The van der Waals surface area contributed by atoms with Crippen LogP contribution in [-0.2, 0) is 4.74 Å². The Labute approximate surface area is 110 Å². The van der Waals surface area contributed by atoms with E-state index in [4.69, 9.17) is 17.0 Å². The van der Waals surface area contributed by atoms with Crippen molar-refractivity contribution in [3.05, 3.63) is 0 Å². The number of rotatable bonds is 6. The number of methoxy groups -OCH3 is 1. The first-order chi connectivity index (χ1) is 8.11. The highest BCUT2D eigenvalue weighted by Gasteiger charge is 2.15. The first kappa shape index (κ1) is 14.7. The quantitative estimate of drug-likeness (QED) is 0.695. The van der Waals surface area contributed by atoms with Gasteiger partial charge >= 0.3 is 0 Å². The SMILES string of the molecule is COCC(C)NC(=S)NC(C)CN1CCCC1. The van der Waals surface area contributed by atoms with E-state index in [2.05, 4.69) is 29.4 Å². The Morgan fingerprint density at radius 1 is 1.24 bits per heavy atom. The molecule has 1 heterocycles. The van der Waals surface area contributed by atoms with E-state index in [1.54, 1.807) is 7.11 Å². The number of hydrogen-bond acceptors (Lipinski definition) is 3. The zero-order chi connectivity index (χ0) is 12.7. The van der Waals surface area contributed by atoms with Crippen molar-refractivity contribution >= 4 is 17.3 Å². The second-order valence-corrected chi connectivity index (χ2v) is 5.29. The Morgan fingerprint density at radius 2 is 1.82 bits per heavy atom. The highest BCUT2D eigenvalue weighted by Crippen LogP contribution is 2.07. The van der Waals surface area contributed by atoms with Gasteiger partial charge in [-0.15, -0.1) is 0 Å². The van der Waals surface area contributed by atoms with Crippen LogP contribution in [0.5, 0.6) is 0 Å². The normalized spacial score (nSPS) is 19.9. The lowest BCUT2D eigenvalue weighted by Crippen LogP contribution is -2.48. The molecule has 1 rings (SSSR count). The standard InChI is InChI=1S/C12H25N3OS/c1-10(8-15-6-4-5-7-15)13-12(17)14-11(2)9-16-3/h10-11H,4-9H2,1-3H3,(H2,13,14,17). The summed E-state index contributed by atoms with van der Waals surface area (Å²) >= 11 is 5.27. The van der Waals surface area contributed by atoms with Crippen molar-refractivity contribution < 1.29 is 4.74 Å². The van der Waals surface area contributed by atoms with Gasteiger partial charge in [0.15, 0.2) is 5.11 Å². The molecule has 1 aliphatic rings. The van der Waals surface area contributed by atoms with Gasteiger partial charge in [-0.25, -0.2) is 0 Å². The highest BCUT2D eigenvalue weighted by atomic mass is 32.1. The van der Waals surface area contributed by atoms with Gasteiger partial charge in [-0.3, -0.25) is 0 Å². The van der Waals surface area contributed by atoms with Crippen LogP contribution in [0.15, 0.2) is 0 Å². The molecular weight excluding hydrogens is 234 g/mol. The van der Waals surface area contributed by atoms with Crippen LogP contribution in [0, 0.1) is 0 Å². The molecule has 0 radical (unpaired) electrons. The molecule has 0 amide bonds. The molecule has 0 bridgehead atoms. The summed E-state index contributed by atoms with van der Waals surface area (Å²) in [6, 6.07) is 0.641. The molecule has 2 N–H and O–H groups in total. The minimum atomic E-state index is 0.249. The number of nitrogens with one attached hydrogen (secondary N) is 2. The van der Waals surface area contributed by atoms with Gasteiger partial charge in [0.1, 0.15) is 0 Å². The van der Waals surface area contributed by atoms with Crippen LogP contribution in [-0.4, -0.2) is 55.4 Å². The summed E-state index contributed by atoms with van der Waals surface area (Å²) in [5, 5.41) is 7.26. The molecule has 0 aromatic heterocycles. The van der Waals surface area contributed by atoms with Crippen molar-refractivity contribution in [3.8, 4) is 0 Å². The second kappa shape index (κ2) is 7.84. The molecule has 1 fully saturated rings. The minimum absolute atomic E-state index is 0.249. The van der Waals surface area contributed by atoms with Crippen LogP contribution in [0.1, 0.15) is 26.7 Å². The van der Waals surface area contributed by atoms with Gasteiger partial charge in [-0.2, -0.15) is 0 Å². The molecule has 0 aromatic carbocycles. The summed E-state index contributed by atoms with van der Waals surface area (Å²) in [4.78, 5) is 2.48. The predicted octanol–water partition coefficient (Wildman–Crippen LogP) is 0.970. The topological polar surface area (TPSA) is 36.5 Å². The lowest BCUT2D eigenvalue weighted by molar-refractivity contribution is 0.179. The van der Waals surface area contributed by atoms with E-state index in [9.17, 15) is 0 Å². The number of hydrogen-bond donors (Lipinski definition) is 2. The highest BCUT2D eigenvalue weighted by molar-refractivity contribution is 7.80. The largest absolute Gasteiger partial charge is 0.383 e. The van der Waals surface area contributed by atoms with Crippen molar-refractivity contribution in [2.45, 2.75) is 38.8 Å². The molecule has 5 heteroatoms. The third kappa shape index (κ3) is 6.19. The molecule has 2 unspecified atom stereocenters. The monoisotopic (exact) mass is 259 g/mol. The zero-order valence-corrected chi connectivity index (χ0v) is 12.0. The van der Waals surface area contributed by atoms with Gasteiger partial charge in [0, 0.05) is 25.7 Å². The maximum absolute atomic E-state index is 5.27. The zero-order valence-electron chi connectivity index (χ0n) is 11.2. The second-order valence-electron chi connectivity index (χ2n) is 4.88. The van der Waals surface area contributed by atoms with E-state index in [0.717, 1.165) is 11.7 Å². The van der Waals surface area contributed by atoms with E-state index in [1.807, 2.05) is 0 Å². The van der Waals surface area contributed by atoms with E-state index >= 15 is 0 Å². The third-order valence-corrected chi connectivity index (χ3v) is 3.14. The Morgan fingerprint density at radius 3 is 2.41 bits per heavy atom. The van der Waals surface area contributed by atoms with Gasteiger partial charge in [0.25, 0.3) is 0 Å². The fourth-order valence-corrected chi connectivity index (χ4v) is 2.58. The van der Waals surface area contributed by atoms with Gasteiger partial charge in [0.2, 0.25) is 0 Å². The van der Waals surface area contributed by atoms with E-state index in [1.165, 1.54) is 25.9 Å². The van der Waals surface area contributed by atoms with Gasteiger partial charge in [0.05, 0.1) is 6.61 Å². The lowest BCUT2D eigenvalue weighted by Gasteiger charge is -2.24. The van der Waals surface area contributed by atoms with Crippen LogP contribution in [0.2, 0.25) is 0 Å². The maximum Gasteiger partial charge on any atom is 0.166 e. The van der Waals surface area contributed by atoms with Crippen LogP contribution < -0.4 is 10.6 Å². The third-order valence-electron chi connectivity index (χ3n) is 2.90. The molecule has 0 aromatic rings. The Bertz CT molecular complexity index is 232. The molecule has 1 aliphatic heterocycles. The van der Waals surface area contributed by atoms with Crippen molar-refractivity contribution in [1.82, 2.24) is 15.5 Å². The summed E-state index contributed by atoms with van der Waals surface area (Å²) in [7, 11) is 1.70. The summed E-state index contributed by atoms with van der Waals surface area (Å²) in [5.41, 5.74) is 0. The number of likely N-dealkylation sites (tertiary alicyclic amines) is 1. The summed E-state index contributed by atoms with van der Waals surface area (Å²) < 4.78 is 5.06. The van der Waals surface area contributed by atoms with E-state index in [-0.39, 0.29) is 6.04 Å². The molecule has 4 nitrogen and oxygen atoms in total. The van der Waals surface area contributed by atoms with Crippen molar-refractivity contribution in [1.29, 1.82) is 0 Å². The fourth-order valence-electron chi connectivity index (χ4n) is 2.18. The van der Waals surface area contributed by atoms with Gasteiger partial charge in [-0.1, -0.05) is 0 Å². The van der Waals surface area contributed by atoms with Crippen molar-refractivity contribution in [2.24, 2.45) is 0 Å². The first-order valence-electron chi connectivity index (χ1n) is 6.40. The minimum Gasteiger partial charge on any atom is -0.383 e. The fraction of sp³-hybridized carbons (Fsp3) is 0.917. The number of nitrogens with zero attached hydrogens (tertiary/aromatic N) is 1. The molecule has 2 atom stereocenters. The Kier molecular flexibility index (Phi) is 6.77. The molecule has 17 heavy (non-hydrogen) atoms. The van der Waals surface area contributed by atoms with Crippen molar-refractivity contribution in [3.63, 3.8) is 0 Å². The van der Waals surface area contributed by atoms with E-state index < -0.39 is 0 Å². The van der Waals surface area contributed by atoms with Crippen LogP contribution in [0.3, 0.4) is 0 Å². The van der Waals surface area contributed by atoms with Crippen LogP contribution in [0.25, 0.3) is 0 Å².